The number of carboxylic acid groups (broad SMARTS) is 1. The fraction of sp³-hybridized carbons (Fsp3) is 0.833. The van der Waals surface area contributed by atoms with Crippen LogP contribution in [0, 0.1) is 11.8 Å². The van der Waals surface area contributed by atoms with Gasteiger partial charge in [-0.2, -0.15) is 0 Å². The van der Waals surface area contributed by atoms with Crippen LogP contribution in [0.5, 0.6) is 0 Å². The maximum absolute atomic E-state index is 10.1. The molecule has 4 heteroatoms. The molecule has 1 aliphatic rings. The quantitative estimate of drug-likeness (QED) is 0.391. The van der Waals surface area contributed by atoms with Crippen LogP contribution >= 0.6 is 0 Å². The number of carbonyl (C=O) groups is 1. The molecule has 10 heavy (non-hydrogen) atoms. The molecule has 1 fully saturated rings. The molecule has 0 heterocycles. The number of hydrogen-bond donors (Lipinski definition) is 1. The number of aliphatic hydroxyl groups is 1. The van der Waals surface area contributed by atoms with E-state index in [0.29, 0.717) is 12.8 Å². The summed E-state index contributed by atoms with van der Waals surface area (Å²) in [5.41, 5.74) is 0. The van der Waals surface area contributed by atoms with Gasteiger partial charge in [0.2, 0.25) is 0 Å². The fourth-order valence-corrected chi connectivity index (χ4v) is 1.08. The first-order chi connectivity index (χ1) is 4.24. The van der Waals surface area contributed by atoms with Crippen LogP contribution < -0.4 is 24.0 Å². The molecule has 0 atom stereocenters. The molecule has 0 aromatic carbocycles. The van der Waals surface area contributed by atoms with E-state index in [0.717, 1.165) is 0 Å². The Hall–Kier alpha value is 0.0274. The number of rotatable bonds is 2. The molecule has 0 aromatic heterocycles. The predicted molar refractivity (Wildman–Crippen MR) is 28.3 cm³/mol. The maximum atomic E-state index is 10.1. The largest absolute Gasteiger partial charge is 1.00 e. The normalized spacial score (nSPS) is 30.1. The molecule has 0 aliphatic heterocycles. The van der Waals surface area contributed by atoms with Crippen molar-refractivity contribution in [2.24, 2.45) is 11.8 Å². The van der Waals surface area contributed by atoms with Crippen molar-refractivity contribution in [2.45, 2.75) is 12.8 Å². The van der Waals surface area contributed by atoms with Crippen LogP contribution in [0.25, 0.3) is 0 Å². The summed E-state index contributed by atoms with van der Waals surface area (Å²) < 4.78 is 0. The Morgan fingerprint density at radius 3 is 2.40 bits per heavy atom. The first-order valence-electron chi connectivity index (χ1n) is 3.05. The molecule has 0 amide bonds. The molecule has 3 nitrogen and oxygen atoms in total. The fourth-order valence-electron chi connectivity index (χ4n) is 1.08. The number of hydrogen-bond acceptors (Lipinski definition) is 3. The van der Waals surface area contributed by atoms with Gasteiger partial charge in [0.05, 0.1) is 0 Å². The van der Waals surface area contributed by atoms with Gasteiger partial charge in [0.25, 0.3) is 0 Å². The van der Waals surface area contributed by atoms with Crippen molar-refractivity contribution in [3.63, 3.8) is 0 Å². The molecule has 0 saturated heterocycles. The van der Waals surface area contributed by atoms with Gasteiger partial charge >= 0.3 is 18.9 Å². The minimum atomic E-state index is -0.972. The summed E-state index contributed by atoms with van der Waals surface area (Å²) in [7, 11) is 0. The van der Waals surface area contributed by atoms with E-state index in [1.807, 2.05) is 0 Å². The maximum Gasteiger partial charge on any atom is 1.00 e. The van der Waals surface area contributed by atoms with E-state index in [9.17, 15) is 9.90 Å². The number of carbonyl (C=O) groups excluding carboxylic acids is 1. The van der Waals surface area contributed by atoms with Gasteiger partial charge in [-0.1, -0.05) is 0 Å². The van der Waals surface area contributed by atoms with Crippen LogP contribution in [0.4, 0.5) is 0 Å². The summed E-state index contributed by atoms with van der Waals surface area (Å²) >= 11 is 0. The Morgan fingerprint density at radius 2 is 2.10 bits per heavy atom. The summed E-state index contributed by atoms with van der Waals surface area (Å²) in [4.78, 5) is 10.1. The van der Waals surface area contributed by atoms with Crippen LogP contribution in [0.1, 0.15) is 12.8 Å². The average Bonchev–Trinajstić information content (AvgIpc) is 1.61. The molecule has 0 spiro atoms. The Bertz CT molecular complexity index is 120. The van der Waals surface area contributed by atoms with Crippen molar-refractivity contribution in [3.05, 3.63) is 0 Å². The predicted octanol–water partition coefficient (Wildman–Crippen LogP) is -4.24. The van der Waals surface area contributed by atoms with Crippen molar-refractivity contribution in [1.29, 1.82) is 0 Å². The Labute approximate surface area is 71.6 Å². The summed E-state index contributed by atoms with van der Waals surface area (Å²) in [6.45, 7) is 0.115. The van der Waals surface area contributed by atoms with Gasteiger partial charge in [0.1, 0.15) is 0 Å². The zero-order valence-electron chi connectivity index (χ0n) is 6.04. The summed E-state index contributed by atoms with van der Waals surface area (Å²) in [5, 5.41) is 18.5. The molecule has 1 rings (SSSR count). The first kappa shape index (κ1) is 10.0. The number of carboxylic acids is 1. The van der Waals surface area contributed by atoms with Gasteiger partial charge in [-0.05, 0) is 24.7 Å². The zero-order valence-corrected chi connectivity index (χ0v) is 6.04. The smallest absolute Gasteiger partial charge is 0.550 e. The zero-order chi connectivity index (χ0) is 6.85. The third kappa shape index (κ3) is 2.01. The molecule has 1 aliphatic carbocycles. The minimum absolute atomic E-state index is 0. The SMILES string of the molecule is O=C([O-])[C@H]1C[C@H](CO)C1.[Li+]. The van der Waals surface area contributed by atoms with E-state index in [4.69, 9.17) is 5.11 Å². The second-order valence-electron chi connectivity index (χ2n) is 2.54. The second-order valence-corrected chi connectivity index (χ2v) is 2.54. The average molecular weight is 136 g/mol. The molecule has 0 radical (unpaired) electrons. The number of aliphatic carboxylic acids is 1. The van der Waals surface area contributed by atoms with E-state index in [2.05, 4.69) is 0 Å². The molecule has 0 unspecified atom stereocenters. The topological polar surface area (TPSA) is 60.4 Å². The van der Waals surface area contributed by atoms with Crippen LogP contribution in [0.3, 0.4) is 0 Å². The Kier molecular flexibility index (Phi) is 4.03. The van der Waals surface area contributed by atoms with E-state index >= 15 is 0 Å². The van der Waals surface area contributed by atoms with Gasteiger partial charge in [-0.25, -0.2) is 0 Å². The van der Waals surface area contributed by atoms with Gasteiger partial charge in [-0.3, -0.25) is 0 Å². The van der Waals surface area contributed by atoms with E-state index in [-0.39, 0.29) is 37.3 Å². The van der Waals surface area contributed by atoms with Crippen molar-refractivity contribution in [2.75, 3.05) is 6.61 Å². The molecule has 1 saturated carbocycles. The molecular formula is C6H9LiO3. The third-order valence-corrected chi connectivity index (χ3v) is 1.83. The molecular weight excluding hydrogens is 127 g/mol. The summed E-state index contributed by atoms with van der Waals surface area (Å²) in [6.07, 6.45) is 1.19. The van der Waals surface area contributed by atoms with Gasteiger partial charge < -0.3 is 15.0 Å². The van der Waals surface area contributed by atoms with Crippen LogP contribution in [-0.2, 0) is 4.79 Å². The molecule has 0 aromatic rings. The van der Waals surface area contributed by atoms with Crippen LogP contribution in [0.15, 0.2) is 0 Å². The van der Waals surface area contributed by atoms with Crippen molar-refractivity contribution in [3.8, 4) is 0 Å². The number of aliphatic hydroxyl groups excluding tert-OH is 1. The second kappa shape index (κ2) is 4.02. The summed E-state index contributed by atoms with van der Waals surface area (Å²) in [5.74, 6) is -1.05. The van der Waals surface area contributed by atoms with Crippen LogP contribution in [-0.4, -0.2) is 17.7 Å². The van der Waals surface area contributed by atoms with Crippen molar-refractivity contribution in [1.82, 2.24) is 0 Å². The molecule has 52 valence electrons. The van der Waals surface area contributed by atoms with E-state index < -0.39 is 5.97 Å². The minimum Gasteiger partial charge on any atom is -0.550 e. The first-order valence-corrected chi connectivity index (χ1v) is 3.05. The van der Waals surface area contributed by atoms with Crippen LogP contribution in [0.2, 0.25) is 0 Å². The monoisotopic (exact) mass is 136 g/mol. The standard InChI is InChI=1S/C6H10O3.Li/c7-3-4-1-5(2-4)6(8)9;/h4-5,7H,1-3H2,(H,8,9);/q;+1/p-1/t4-,5-;. The molecule has 0 bridgehead atoms. The Balaban J connectivity index is 0.000000810. The third-order valence-electron chi connectivity index (χ3n) is 1.83. The molecule has 1 N–H and O–H groups in total. The van der Waals surface area contributed by atoms with E-state index in [1.165, 1.54) is 0 Å². The van der Waals surface area contributed by atoms with Gasteiger partial charge in [0, 0.05) is 12.6 Å². The summed E-state index contributed by atoms with van der Waals surface area (Å²) in [6, 6.07) is 0. The van der Waals surface area contributed by atoms with Crippen molar-refractivity contribution >= 4 is 5.97 Å². The van der Waals surface area contributed by atoms with Gasteiger partial charge in [-0.15, -0.1) is 0 Å². The van der Waals surface area contributed by atoms with E-state index in [1.54, 1.807) is 0 Å². The van der Waals surface area contributed by atoms with Crippen molar-refractivity contribution < 1.29 is 33.9 Å². The Morgan fingerprint density at radius 1 is 1.60 bits per heavy atom. The van der Waals surface area contributed by atoms with Gasteiger partial charge in [0.15, 0.2) is 0 Å².